The van der Waals surface area contributed by atoms with Crippen molar-refractivity contribution in [2.75, 3.05) is 26.2 Å². The minimum atomic E-state index is -0.0855. The van der Waals surface area contributed by atoms with Crippen LogP contribution < -0.4 is 5.32 Å². The average molecular weight is 288 g/mol. The predicted molar refractivity (Wildman–Crippen MR) is 81.9 cm³/mol. The van der Waals surface area contributed by atoms with Crippen molar-refractivity contribution in [2.45, 2.75) is 31.9 Å². The highest BCUT2D eigenvalue weighted by atomic mass is 16.5. The number of ether oxygens (including phenoxy) is 1. The molecule has 1 aromatic carbocycles. The van der Waals surface area contributed by atoms with E-state index in [4.69, 9.17) is 4.74 Å². The van der Waals surface area contributed by atoms with Crippen molar-refractivity contribution >= 4 is 5.91 Å². The van der Waals surface area contributed by atoms with Crippen molar-refractivity contribution in [1.29, 1.82) is 0 Å². The first-order chi connectivity index (χ1) is 10.3. The first kappa shape index (κ1) is 14.5. The van der Waals surface area contributed by atoms with Crippen LogP contribution in [0.5, 0.6) is 0 Å². The van der Waals surface area contributed by atoms with Crippen LogP contribution in [0.15, 0.2) is 30.3 Å². The zero-order valence-electron chi connectivity index (χ0n) is 12.6. The summed E-state index contributed by atoms with van der Waals surface area (Å²) in [5, 5.41) is 3.39. The molecule has 4 heteroatoms. The highest BCUT2D eigenvalue weighted by molar-refractivity contribution is 5.80. The summed E-state index contributed by atoms with van der Waals surface area (Å²) in [6.07, 6.45) is 1.82. The molecule has 2 heterocycles. The van der Waals surface area contributed by atoms with Crippen LogP contribution in [-0.4, -0.2) is 43.1 Å². The van der Waals surface area contributed by atoms with Gasteiger partial charge in [0.2, 0.25) is 5.91 Å². The molecule has 0 saturated carbocycles. The molecule has 2 unspecified atom stereocenters. The zero-order valence-corrected chi connectivity index (χ0v) is 12.6. The summed E-state index contributed by atoms with van der Waals surface area (Å²) in [5.74, 6) is 0.225. The van der Waals surface area contributed by atoms with E-state index in [1.54, 1.807) is 0 Å². The van der Waals surface area contributed by atoms with Gasteiger partial charge in [-0.1, -0.05) is 30.3 Å². The molecule has 1 aromatic rings. The monoisotopic (exact) mass is 288 g/mol. The van der Waals surface area contributed by atoms with Crippen LogP contribution in [0.25, 0.3) is 0 Å². The highest BCUT2D eigenvalue weighted by Crippen LogP contribution is 2.35. The number of hydrogen-bond donors (Lipinski definition) is 1. The number of benzene rings is 1. The summed E-state index contributed by atoms with van der Waals surface area (Å²) < 4.78 is 5.95. The number of hydrogen-bond acceptors (Lipinski definition) is 3. The third-order valence-corrected chi connectivity index (χ3v) is 4.45. The molecule has 0 radical (unpaired) electrons. The molecule has 0 spiro atoms. The van der Waals surface area contributed by atoms with Crippen LogP contribution in [0, 0.1) is 5.92 Å². The van der Waals surface area contributed by atoms with Crippen molar-refractivity contribution in [3.05, 3.63) is 35.9 Å². The van der Waals surface area contributed by atoms with Gasteiger partial charge in [0.1, 0.15) is 0 Å². The Morgan fingerprint density at radius 1 is 1.33 bits per heavy atom. The van der Waals surface area contributed by atoms with Crippen LogP contribution in [0.2, 0.25) is 0 Å². The number of rotatable bonds is 2. The van der Waals surface area contributed by atoms with E-state index >= 15 is 0 Å². The summed E-state index contributed by atoms with van der Waals surface area (Å²) in [6, 6.07) is 10.5. The Kier molecular flexibility index (Phi) is 4.56. The van der Waals surface area contributed by atoms with Gasteiger partial charge in [-0.2, -0.15) is 0 Å². The van der Waals surface area contributed by atoms with Crippen LogP contribution in [0.3, 0.4) is 0 Å². The minimum Gasteiger partial charge on any atom is -0.373 e. The number of carbonyl (C=O) groups is 1. The number of nitrogens with zero attached hydrogens (tertiary/aromatic N) is 1. The molecule has 0 bridgehead atoms. The van der Waals surface area contributed by atoms with Crippen molar-refractivity contribution in [2.24, 2.45) is 5.92 Å². The quantitative estimate of drug-likeness (QED) is 0.904. The van der Waals surface area contributed by atoms with Gasteiger partial charge in [-0.05, 0) is 25.3 Å². The van der Waals surface area contributed by atoms with Crippen molar-refractivity contribution in [3.63, 3.8) is 0 Å². The molecule has 1 amide bonds. The van der Waals surface area contributed by atoms with E-state index in [-0.39, 0.29) is 17.9 Å². The van der Waals surface area contributed by atoms with E-state index in [2.05, 4.69) is 24.4 Å². The van der Waals surface area contributed by atoms with Crippen LogP contribution in [0.1, 0.15) is 31.4 Å². The maximum absolute atomic E-state index is 12.9. The Hall–Kier alpha value is -1.39. The molecule has 0 aromatic heterocycles. The molecule has 2 aliphatic rings. The Labute approximate surface area is 126 Å². The normalized spacial score (nSPS) is 30.1. The van der Waals surface area contributed by atoms with Gasteiger partial charge < -0.3 is 15.0 Å². The van der Waals surface area contributed by atoms with E-state index in [0.29, 0.717) is 6.04 Å². The van der Waals surface area contributed by atoms with Gasteiger partial charge in [0, 0.05) is 32.3 Å². The topological polar surface area (TPSA) is 41.6 Å². The second-order valence-corrected chi connectivity index (χ2v) is 6.09. The maximum atomic E-state index is 12.9. The lowest BCUT2D eigenvalue weighted by Crippen LogP contribution is -2.53. The lowest BCUT2D eigenvalue weighted by Gasteiger charge is -2.38. The highest BCUT2D eigenvalue weighted by Gasteiger charge is 2.36. The molecule has 2 saturated heterocycles. The van der Waals surface area contributed by atoms with Gasteiger partial charge >= 0.3 is 0 Å². The molecule has 2 fully saturated rings. The van der Waals surface area contributed by atoms with E-state index in [1.807, 2.05) is 23.1 Å². The maximum Gasteiger partial charge on any atom is 0.228 e. The first-order valence-electron chi connectivity index (χ1n) is 7.94. The third-order valence-electron chi connectivity index (χ3n) is 4.45. The number of carbonyl (C=O) groups excluding carboxylic acids is 1. The number of nitrogens with one attached hydrogen (secondary N) is 1. The molecular weight excluding hydrogens is 264 g/mol. The fourth-order valence-corrected chi connectivity index (χ4v) is 3.37. The largest absolute Gasteiger partial charge is 0.373 e. The summed E-state index contributed by atoms with van der Waals surface area (Å²) in [6.45, 7) is 5.38. The fraction of sp³-hybridized carbons (Fsp3) is 0.588. The standard InChI is InChI=1S/C17H24N2O2/c1-13-12-19(10-9-18-13)17(20)15-8-5-11-21-16(15)14-6-3-2-4-7-14/h2-4,6-7,13,15-16,18H,5,8-12H2,1H3/t13-,15?,16?/m1/s1. The second kappa shape index (κ2) is 6.58. The number of piperazine rings is 1. The van der Waals surface area contributed by atoms with Gasteiger partial charge in [-0.15, -0.1) is 0 Å². The summed E-state index contributed by atoms with van der Waals surface area (Å²) in [4.78, 5) is 14.9. The summed E-state index contributed by atoms with van der Waals surface area (Å²) in [7, 11) is 0. The van der Waals surface area contributed by atoms with E-state index < -0.39 is 0 Å². The van der Waals surface area contributed by atoms with E-state index in [9.17, 15) is 4.79 Å². The van der Waals surface area contributed by atoms with Crippen molar-refractivity contribution in [3.8, 4) is 0 Å². The van der Waals surface area contributed by atoms with Gasteiger partial charge in [0.25, 0.3) is 0 Å². The van der Waals surface area contributed by atoms with Gasteiger partial charge in [-0.25, -0.2) is 0 Å². The molecule has 1 N–H and O–H groups in total. The van der Waals surface area contributed by atoms with Gasteiger partial charge in [-0.3, -0.25) is 4.79 Å². The average Bonchev–Trinajstić information content (AvgIpc) is 2.55. The lowest BCUT2D eigenvalue weighted by atomic mass is 9.88. The number of amides is 1. The SMILES string of the molecule is C[C@@H]1CN(C(=O)C2CCCOC2c2ccccc2)CCN1. The zero-order chi connectivity index (χ0) is 14.7. The second-order valence-electron chi connectivity index (χ2n) is 6.09. The summed E-state index contributed by atoms with van der Waals surface area (Å²) in [5.41, 5.74) is 1.12. The van der Waals surface area contributed by atoms with Crippen LogP contribution >= 0.6 is 0 Å². The van der Waals surface area contributed by atoms with Crippen LogP contribution in [0.4, 0.5) is 0 Å². The predicted octanol–water partition coefficient (Wildman–Crippen LogP) is 1.97. The Balaban J connectivity index is 1.76. The molecule has 3 rings (SSSR count). The minimum absolute atomic E-state index is 0.0357. The molecule has 0 aliphatic carbocycles. The lowest BCUT2D eigenvalue weighted by molar-refractivity contribution is -0.146. The molecular formula is C17H24N2O2. The Bertz CT molecular complexity index is 477. The van der Waals surface area contributed by atoms with Crippen molar-refractivity contribution < 1.29 is 9.53 Å². The molecule has 3 atom stereocenters. The Morgan fingerprint density at radius 3 is 2.90 bits per heavy atom. The van der Waals surface area contributed by atoms with E-state index in [1.165, 1.54) is 0 Å². The molecule has 2 aliphatic heterocycles. The van der Waals surface area contributed by atoms with E-state index in [0.717, 1.165) is 44.6 Å². The smallest absolute Gasteiger partial charge is 0.228 e. The molecule has 4 nitrogen and oxygen atoms in total. The third kappa shape index (κ3) is 3.27. The first-order valence-corrected chi connectivity index (χ1v) is 7.94. The van der Waals surface area contributed by atoms with Gasteiger partial charge in [0.05, 0.1) is 12.0 Å². The molecule has 114 valence electrons. The van der Waals surface area contributed by atoms with Crippen LogP contribution in [-0.2, 0) is 9.53 Å². The fourth-order valence-electron chi connectivity index (χ4n) is 3.37. The van der Waals surface area contributed by atoms with Crippen molar-refractivity contribution in [1.82, 2.24) is 10.2 Å². The van der Waals surface area contributed by atoms with Gasteiger partial charge in [0.15, 0.2) is 0 Å². The molecule has 21 heavy (non-hydrogen) atoms. The Morgan fingerprint density at radius 2 is 2.14 bits per heavy atom. The summed E-state index contributed by atoms with van der Waals surface area (Å²) >= 11 is 0.